The Morgan fingerprint density at radius 1 is 0.893 bits per heavy atom. The van der Waals surface area contributed by atoms with Gasteiger partial charge in [0.1, 0.15) is 11.5 Å². The molecule has 3 unspecified atom stereocenters. The summed E-state index contributed by atoms with van der Waals surface area (Å²) in [4.78, 5) is 0. The van der Waals surface area contributed by atoms with Crippen molar-refractivity contribution in [1.82, 2.24) is 0 Å². The van der Waals surface area contributed by atoms with Gasteiger partial charge in [0.05, 0.1) is 24.9 Å². The molecule has 2 fully saturated rings. The third kappa shape index (κ3) is 4.35. The number of epoxide rings is 1. The predicted molar refractivity (Wildman–Crippen MR) is 112 cm³/mol. The number of rotatable bonds is 7. The summed E-state index contributed by atoms with van der Waals surface area (Å²) in [6, 6.07) is 17.0. The molecule has 0 bridgehead atoms. The van der Waals surface area contributed by atoms with Gasteiger partial charge in [-0.25, -0.2) is 0 Å². The van der Waals surface area contributed by atoms with Gasteiger partial charge in [0.25, 0.3) is 0 Å². The molecule has 0 radical (unpaired) electrons. The average molecular weight is 381 g/mol. The number of benzene rings is 2. The van der Waals surface area contributed by atoms with Crippen LogP contribution in [-0.4, -0.2) is 24.9 Å². The molecule has 2 aliphatic rings. The van der Waals surface area contributed by atoms with E-state index in [-0.39, 0.29) is 11.5 Å². The third-order valence-electron chi connectivity index (χ3n) is 6.12. The predicted octanol–water partition coefficient (Wildman–Crippen LogP) is 5.75. The van der Waals surface area contributed by atoms with Gasteiger partial charge in [-0.3, -0.25) is 0 Å². The van der Waals surface area contributed by atoms with Crippen molar-refractivity contribution in [3.8, 4) is 11.5 Å². The number of hydrogen-bond acceptors (Lipinski definition) is 3. The molecular formula is C25H32O3. The van der Waals surface area contributed by atoms with Crippen LogP contribution in [0.15, 0.2) is 48.5 Å². The van der Waals surface area contributed by atoms with Crippen LogP contribution in [0.4, 0.5) is 0 Å². The number of hydrogen-bond donors (Lipinski definition) is 0. The molecule has 1 saturated carbocycles. The summed E-state index contributed by atoms with van der Waals surface area (Å²) in [6.45, 7) is 9.41. The maximum absolute atomic E-state index is 6.07. The summed E-state index contributed by atoms with van der Waals surface area (Å²) in [5.41, 5.74) is 2.49. The summed E-state index contributed by atoms with van der Waals surface area (Å²) in [6.07, 6.45) is 4.85. The topological polar surface area (TPSA) is 31.0 Å². The molecule has 0 N–H and O–H groups in total. The summed E-state index contributed by atoms with van der Waals surface area (Å²) in [5, 5.41) is 0. The van der Waals surface area contributed by atoms with E-state index in [1.165, 1.54) is 24.0 Å². The highest BCUT2D eigenvalue weighted by Crippen LogP contribution is 2.39. The second-order valence-corrected chi connectivity index (χ2v) is 9.04. The van der Waals surface area contributed by atoms with Gasteiger partial charge in [0.2, 0.25) is 0 Å². The van der Waals surface area contributed by atoms with Crippen LogP contribution in [-0.2, 0) is 10.2 Å². The molecule has 0 aromatic heterocycles. The van der Waals surface area contributed by atoms with Crippen LogP contribution in [0.3, 0.4) is 0 Å². The minimum Gasteiger partial charge on any atom is -0.493 e. The molecule has 150 valence electrons. The smallest absolute Gasteiger partial charge is 0.119 e. The largest absolute Gasteiger partial charge is 0.493 e. The maximum atomic E-state index is 6.07. The first-order valence-corrected chi connectivity index (χ1v) is 10.6. The molecule has 1 aliphatic carbocycles. The van der Waals surface area contributed by atoms with Crippen LogP contribution < -0.4 is 9.47 Å². The van der Waals surface area contributed by atoms with Crippen molar-refractivity contribution in [1.29, 1.82) is 0 Å². The quantitative estimate of drug-likeness (QED) is 0.573. The van der Waals surface area contributed by atoms with E-state index in [9.17, 15) is 0 Å². The fraction of sp³-hybridized carbons (Fsp3) is 0.520. The van der Waals surface area contributed by atoms with E-state index in [0.29, 0.717) is 18.1 Å². The lowest BCUT2D eigenvalue weighted by Gasteiger charge is -2.27. The maximum Gasteiger partial charge on any atom is 0.119 e. The van der Waals surface area contributed by atoms with E-state index in [1.807, 2.05) is 13.8 Å². The molecule has 28 heavy (non-hydrogen) atoms. The fourth-order valence-electron chi connectivity index (χ4n) is 4.21. The molecule has 1 aliphatic heterocycles. The van der Waals surface area contributed by atoms with Crippen molar-refractivity contribution in [2.45, 2.75) is 70.7 Å². The van der Waals surface area contributed by atoms with E-state index in [2.05, 4.69) is 62.4 Å². The summed E-state index contributed by atoms with van der Waals surface area (Å²) >= 11 is 0. The standard InChI is InChI=1S/C25H32O3/c1-17(2)27-22-12-8-20(9-13-22)25(3,4)19-6-10-21(11-7-19)26-16-18-5-14-23-24(15-18)28-23/h6-13,17-18,23-24H,5,14-16H2,1-4H3. The Kier molecular flexibility index (Phi) is 5.37. The molecule has 2 aromatic rings. The Balaban J connectivity index is 1.37. The second kappa shape index (κ2) is 7.79. The van der Waals surface area contributed by atoms with Crippen molar-refractivity contribution in [3.05, 3.63) is 59.7 Å². The van der Waals surface area contributed by atoms with Gasteiger partial charge in [0.15, 0.2) is 0 Å². The SMILES string of the molecule is CC(C)Oc1ccc(C(C)(C)c2ccc(OCC3CCC4OC4C3)cc2)cc1. The third-order valence-corrected chi connectivity index (χ3v) is 6.12. The molecule has 3 nitrogen and oxygen atoms in total. The first-order chi connectivity index (χ1) is 13.4. The minimum atomic E-state index is -0.0728. The molecule has 2 aromatic carbocycles. The monoisotopic (exact) mass is 380 g/mol. The highest BCUT2D eigenvalue weighted by Gasteiger charge is 2.43. The molecule has 1 saturated heterocycles. The van der Waals surface area contributed by atoms with Gasteiger partial charge < -0.3 is 14.2 Å². The lowest BCUT2D eigenvalue weighted by Crippen LogP contribution is -2.20. The Labute approximate surface area is 169 Å². The molecular weight excluding hydrogens is 348 g/mol. The first kappa shape index (κ1) is 19.3. The van der Waals surface area contributed by atoms with Crippen LogP contribution in [0, 0.1) is 5.92 Å². The van der Waals surface area contributed by atoms with Crippen LogP contribution in [0.2, 0.25) is 0 Å². The summed E-state index contributed by atoms with van der Waals surface area (Å²) < 4.78 is 17.4. The van der Waals surface area contributed by atoms with Crippen LogP contribution >= 0.6 is 0 Å². The van der Waals surface area contributed by atoms with Gasteiger partial charge in [-0.1, -0.05) is 38.1 Å². The Morgan fingerprint density at radius 2 is 1.50 bits per heavy atom. The van der Waals surface area contributed by atoms with Gasteiger partial charge >= 0.3 is 0 Å². The normalized spacial score (nSPS) is 24.0. The Hall–Kier alpha value is -2.00. The lowest BCUT2D eigenvalue weighted by atomic mass is 9.78. The first-order valence-electron chi connectivity index (χ1n) is 10.6. The van der Waals surface area contributed by atoms with E-state index in [1.54, 1.807) is 0 Å². The van der Waals surface area contributed by atoms with Crippen molar-refractivity contribution < 1.29 is 14.2 Å². The molecule has 3 atom stereocenters. The zero-order valence-corrected chi connectivity index (χ0v) is 17.5. The molecule has 4 rings (SSSR count). The highest BCUT2D eigenvalue weighted by atomic mass is 16.6. The van der Waals surface area contributed by atoms with E-state index >= 15 is 0 Å². The molecule has 3 heteroatoms. The number of fused-ring (bicyclic) bond motifs is 1. The van der Waals surface area contributed by atoms with Gasteiger partial charge in [-0.2, -0.15) is 0 Å². The summed E-state index contributed by atoms with van der Waals surface area (Å²) in [7, 11) is 0. The van der Waals surface area contributed by atoms with Crippen LogP contribution in [0.25, 0.3) is 0 Å². The lowest BCUT2D eigenvalue weighted by molar-refractivity contribution is 0.217. The minimum absolute atomic E-state index is 0.0728. The van der Waals surface area contributed by atoms with Gasteiger partial charge in [-0.15, -0.1) is 0 Å². The van der Waals surface area contributed by atoms with Crippen molar-refractivity contribution >= 4 is 0 Å². The van der Waals surface area contributed by atoms with Crippen molar-refractivity contribution in [2.24, 2.45) is 5.92 Å². The van der Waals surface area contributed by atoms with Crippen molar-refractivity contribution in [2.75, 3.05) is 6.61 Å². The summed E-state index contributed by atoms with van der Waals surface area (Å²) in [5.74, 6) is 2.51. The van der Waals surface area contributed by atoms with Crippen LogP contribution in [0.1, 0.15) is 58.1 Å². The van der Waals surface area contributed by atoms with Gasteiger partial charge in [-0.05, 0) is 74.4 Å². The highest BCUT2D eigenvalue weighted by molar-refractivity contribution is 5.41. The van der Waals surface area contributed by atoms with Crippen molar-refractivity contribution in [3.63, 3.8) is 0 Å². The molecule has 0 amide bonds. The second-order valence-electron chi connectivity index (χ2n) is 9.04. The Morgan fingerprint density at radius 3 is 2.07 bits per heavy atom. The van der Waals surface area contributed by atoms with E-state index < -0.39 is 0 Å². The zero-order valence-electron chi connectivity index (χ0n) is 17.5. The average Bonchev–Trinajstić information content (AvgIpc) is 3.45. The molecule has 0 spiro atoms. The molecule has 1 heterocycles. The fourth-order valence-corrected chi connectivity index (χ4v) is 4.21. The Bertz CT molecular complexity index is 776. The van der Waals surface area contributed by atoms with E-state index in [4.69, 9.17) is 14.2 Å². The number of ether oxygens (including phenoxy) is 3. The zero-order chi connectivity index (χ0) is 19.7. The van der Waals surface area contributed by atoms with Crippen LogP contribution in [0.5, 0.6) is 11.5 Å². The van der Waals surface area contributed by atoms with Gasteiger partial charge in [0, 0.05) is 5.41 Å². The van der Waals surface area contributed by atoms with E-state index in [0.717, 1.165) is 24.5 Å².